The van der Waals surface area contributed by atoms with Gasteiger partial charge in [0.05, 0.1) is 5.39 Å². The van der Waals surface area contributed by atoms with E-state index in [0.717, 1.165) is 14.6 Å². The molecule has 0 fully saturated rings. The summed E-state index contributed by atoms with van der Waals surface area (Å²) in [7, 11) is 0. The number of anilines is 2. The number of fused-ring (bicyclic) bond motifs is 1. The van der Waals surface area contributed by atoms with Crippen molar-refractivity contribution in [2.45, 2.75) is 6.92 Å². The molecule has 0 amide bonds. The molecule has 0 bridgehead atoms. The number of hydrogen-bond donors (Lipinski definition) is 2. The number of nitrogens with zero attached hydrogens (tertiary/aromatic N) is 2. The van der Waals surface area contributed by atoms with Crippen molar-refractivity contribution < 1.29 is 9.90 Å². The summed E-state index contributed by atoms with van der Waals surface area (Å²) < 4.78 is 1.14. The Morgan fingerprint density at radius 2 is 2.00 bits per heavy atom. The summed E-state index contributed by atoms with van der Waals surface area (Å²) in [4.78, 5) is 20.6. The lowest BCUT2D eigenvalue weighted by atomic mass is 10.2. The molecule has 1 aromatic carbocycles. The van der Waals surface area contributed by atoms with Crippen LogP contribution in [0.5, 0.6) is 0 Å². The number of hydrogen-bond acceptors (Lipinski definition) is 5. The van der Waals surface area contributed by atoms with E-state index in [4.69, 9.17) is 0 Å². The number of rotatable bonds is 3. The molecule has 0 radical (unpaired) electrons. The molecule has 0 unspecified atom stereocenters. The molecule has 3 rings (SSSR count). The number of thiophene rings is 1. The number of carbonyl (C=O) groups is 1. The van der Waals surface area contributed by atoms with Crippen molar-refractivity contribution in [1.82, 2.24) is 9.97 Å². The monoisotopic (exact) mass is 411 g/mol. The van der Waals surface area contributed by atoms with Crippen LogP contribution in [0.3, 0.4) is 0 Å². The molecule has 3 aromatic rings. The van der Waals surface area contributed by atoms with Gasteiger partial charge in [-0.15, -0.1) is 11.3 Å². The van der Waals surface area contributed by atoms with Gasteiger partial charge in [-0.3, -0.25) is 0 Å². The SMILES string of the molecule is Cc1c(C(=O)O)sc2ncnc(Nc3ccc(I)cc3)c12. The maximum Gasteiger partial charge on any atom is 0.346 e. The van der Waals surface area contributed by atoms with Crippen molar-refractivity contribution in [3.8, 4) is 0 Å². The average Bonchev–Trinajstić information content (AvgIpc) is 2.80. The van der Waals surface area contributed by atoms with Gasteiger partial charge in [0.15, 0.2) is 0 Å². The van der Waals surface area contributed by atoms with E-state index >= 15 is 0 Å². The van der Waals surface area contributed by atoms with Gasteiger partial charge in [-0.05, 0) is 59.3 Å². The van der Waals surface area contributed by atoms with Gasteiger partial charge in [-0.25, -0.2) is 14.8 Å². The first-order chi connectivity index (χ1) is 10.1. The summed E-state index contributed by atoms with van der Waals surface area (Å²) in [6.45, 7) is 1.78. The van der Waals surface area contributed by atoms with Gasteiger partial charge in [0.1, 0.15) is 21.9 Å². The van der Waals surface area contributed by atoms with Gasteiger partial charge >= 0.3 is 5.97 Å². The summed E-state index contributed by atoms with van der Waals surface area (Å²) >= 11 is 3.41. The highest BCUT2D eigenvalue weighted by Gasteiger charge is 2.18. The maximum atomic E-state index is 11.2. The number of carboxylic acids is 1. The number of benzene rings is 1. The third-order valence-electron chi connectivity index (χ3n) is 3.03. The second-order valence-electron chi connectivity index (χ2n) is 4.40. The second-order valence-corrected chi connectivity index (χ2v) is 6.64. The molecule has 0 aliphatic rings. The summed E-state index contributed by atoms with van der Waals surface area (Å²) in [6.07, 6.45) is 1.44. The molecule has 2 aromatic heterocycles. The molecule has 106 valence electrons. The lowest BCUT2D eigenvalue weighted by Crippen LogP contribution is -1.97. The van der Waals surface area contributed by atoms with Gasteiger partial charge in [-0.2, -0.15) is 0 Å². The van der Waals surface area contributed by atoms with Crippen LogP contribution in [-0.4, -0.2) is 21.0 Å². The van der Waals surface area contributed by atoms with E-state index in [2.05, 4.69) is 37.9 Å². The molecule has 0 atom stereocenters. The highest BCUT2D eigenvalue weighted by Crippen LogP contribution is 2.34. The first-order valence-electron chi connectivity index (χ1n) is 6.06. The predicted molar refractivity (Wildman–Crippen MR) is 91.6 cm³/mol. The average molecular weight is 411 g/mol. The van der Waals surface area contributed by atoms with Crippen LogP contribution in [0, 0.1) is 10.5 Å². The fraction of sp³-hybridized carbons (Fsp3) is 0.0714. The number of aromatic nitrogens is 2. The number of nitrogens with one attached hydrogen (secondary N) is 1. The molecular weight excluding hydrogens is 401 g/mol. The molecule has 7 heteroatoms. The van der Waals surface area contributed by atoms with Gasteiger partial charge in [0.2, 0.25) is 0 Å². The Labute approximate surface area is 138 Å². The summed E-state index contributed by atoms with van der Waals surface area (Å²) in [5, 5.41) is 13.2. The van der Waals surface area contributed by atoms with Gasteiger partial charge in [0, 0.05) is 9.26 Å². The van der Waals surface area contributed by atoms with E-state index in [0.29, 0.717) is 21.1 Å². The minimum absolute atomic E-state index is 0.302. The van der Waals surface area contributed by atoms with Crippen LogP contribution in [0.4, 0.5) is 11.5 Å². The topological polar surface area (TPSA) is 75.1 Å². The van der Waals surface area contributed by atoms with E-state index < -0.39 is 5.97 Å². The Morgan fingerprint density at radius 3 is 2.67 bits per heavy atom. The van der Waals surface area contributed by atoms with Crippen LogP contribution < -0.4 is 5.32 Å². The van der Waals surface area contributed by atoms with Crippen LogP contribution in [0.2, 0.25) is 0 Å². The van der Waals surface area contributed by atoms with Crippen LogP contribution in [0.1, 0.15) is 15.2 Å². The van der Waals surface area contributed by atoms with Crippen molar-refractivity contribution in [3.63, 3.8) is 0 Å². The first-order valence-corrected chi connectivity index (χ1v) is 7.96. The molecule has 2 N–H and O–H groups in total. The molecule has 0 saturated carbocycles. The fourth-order valence-electron chi connectivity index (χ4n) is 2.04. The zero-order valence-corrected chi connectivity index (χ0v) is 13.9. The number of aromatic carboxylic acids is 1. The number of halogens is 1. The van der Waals surface area contributed by atoms with Crippen LogP contribution >= 0.6 is 33.9 Å². The van der Waals surface area contributed by atoms with Gasteiger partial charge < -0.3 is 10.4 Å². The zero-order valence-electron chi connectivity index (χ0n) is 10.9. The molecule has 0 aliphatic carbocycles. The van der Waals surface area contributed by atoms with E-state index in [1.807, 2.05) is 24.3 Å². The maximum absolute atomic E-state index is 11.2. The van der Waals surface area contributed by atoms with E-state index in [1.54, 1.807) is 6.92 Å². The Hall–Kier alpha value is -1.74. The largest absolute Gasteiger partial charge is 0.477 e. The van der Waals surface area contributed by atoms with Crippen LogP contribution in [0.25, 0.3) is 10.2 Å². The van der Waals surface area contributed by atoms with E-state index in [-0.39, 0.29) is 0 Å². The third kappa shape index (κ3) is 2.70. The molecule has 21 heavy (non-hydrogen) atoms. The second kappa shape index (κ2) is 5.57. The van der Waals surface area contributed by atoms with Crippen LogP contribution in [-0.2, 0) is 0 Å². The molecule has 2 heterocycles. The Morgan fingerprint density at radius 1 is 1.29 bits per heavy atom. The molecule has 0 saturated heterocycles. The summed E-state index contributed by atoms with van der Waals surface area (Å²) in [5.74, 6) is -0.307. The number of aryl methyl sites for hydroxylation is 1. The van der Waals surface area contributed by atoms with Gasteiger partial charge in [0.25, 0.3) is 0 Å². The van der Waals surface area contributed by atoms with Crippen molar-refractivity contribution in [2.24, 2.45) is 0 Å². The van der Waals surface area contributed by atoms with Crippen LogP contribution in [0.15, 0.2) is 30.6 Å². The standard InChI is InChI=1S/C14H10IN3O2S/c1-7-10-12(18-9-4-2-8(15)3-5-9)16-6-17-13(10)21-11(7)14(19)20/h2-6H,1H3,(H,19,20)(H,16,17,18). The molecule has 0 aliphatic heterocycles. The lowest BCUT2D eigenvalue weighted by Gasteiger charge is -2.07. The first kappa shape index (κ1) is 14.2. The fourth-order valence-corrected chi connectivity index (χ4v) is 3.39. The Bertz CT molecular complexity index is 830. The molecule has 0 spiro atoms. The molecular formula is C14H10IN3O2S. The highest BCUT2D eigenvalue weighted by molar-refractivity contribution is 14.1. The predicted octanol–water partition coefficient (Wildman–Crippen LogP) is 4.05. The van der Waals surface area contributed by atoms with Crippen molar-refractivity contribution >= 4 is 61.6 Å². The minimum atomic E-state index is -0.935. The Kier molecular flexibility index (Phi) is 3.77. The number of carboxylic acid groups (broad SMARTS) is 1. The minimum Gasteiger partial charge on any atom is -0.477 e. The quantitative estimate of drug-likeness (QED) is 0.637. The van der Waals surface area contributed by atoms with Crippen molar-refractivity contribution in [3.05, 3.63) is 44.6 Å². The zero-order chi connectivity index (χ0) is 15.0. The smallest absolute Gasteiger partial charge is 0.346 e. The highest BCUT2D eigenvalue weighted by atomic mass is 127. The lowest BCUT2D eigenvalue weighted by molar-refractivity contribution is 0.0701. The van der Waals surface area contributed by atoms with Crippen molar-refractivity contribution in [2.75, 3.05) is 5.32 Å². The van der Waals surface area contributed by atoms with Crippen molar-refractivity contribution in [1.29, 1.82) is 0 Å². The Balaban J connectivity index is 2.10. The van der Waals surface area contributed by atoms with E-state index in [1.165, 1.54) is 17.7 Å². The third-order valence-corrected chi connectivity index (χ3v) is 4.94. The summed E-state index contributed by atoms with van der Waals surface area (Å²) in [5.41, 5.74) is 1.59. The summed E-state index contributed by atoms with van der Waals surface area (Å²) in [6, 6.07) is 7.89. The van der Waals surface area contributed by atoms with E-state index in [9.17, 15) is 9.90 Å². The molecule has 5 nitrogen and oxygen atoms in total. The van der Waals surface area contributed by atoms with Gasteiger partial charge in [-0.1, -0.05) is 0 Å². The normalized spacial score (nSPS) is 10.8.